The molecule has 2 aliphatic heterocycles. The number of thioether (sulfide) groups is 4. The monoisotopic (exact) mass is 302 g/mol. The van der Waals surface area contributed by atoms with Crippen LogP contribution in [0.4, 0.5) is 0 Å². The summed E-state index contributed by atoms with van der Waals surface area (Å²) >= 11 is 7.28. The first kappa shape index (κ1) is 13.4. The molecule has 0 atom stereocenters. The summed E-state index contributed by atoms with van der Waals surface area (Å²) in [7, 11) is 0. The standard InChI is InChI=1S/C6H4S4.ClH.Cu/c1-2-8-5(7-1)6-9-3-4-10-6;;/h1-4H;1H;/q;;+1/p-1. The first-order chi connectivity index (χ1) is 4.97. The molecule has 0 aromatic carbocycles. The summed E-state index contributed by atoms with van der Waals surface area (Å²) < 4.78 is 2.86. The summed E-state index contributed by atoms with van der Waals surface area (Å²) in [5, 5.41) is 8.53. The van der Waals surface area contributed by atoms with E-state index < -0.39 is 0 Å². The molecule has 70 valence electrons. The minimum absolute atomic E-state index is 0. The van der Waals surface area contributed by atoms with Crippen molar-refractivity contribution in [3.8, 4) is 0 Å². The molecule has 2 heterocycles. The first-order valence-corrected chi connectivity index (χ1v) is 6.19. The third kappa shape index (κ3) is 3.29. The fourth-order valence-electron chi connectivity index (χ4n) is 0.606. The SMILES string of the molecule is C1=CSC(=C2SC=CS2)S1.[Cl-].[Cu+]. The molecular weight excluding hydrogens is 299 g/mol. The summed E-state index contributed by atoms with van der Waals surface area (Å²) in [6, 6.07) is 0. The van der Waals surface area contributed by atoms with E-state index in [1.165, 1.54) is 8.47 Å². The van der Waals surface area contributed by atoms with Crippen LogP contribution in [0.1, 0.15) is 0 Å². The van der Waals surface area contributed by atoms with E-state index in [0.29, 0.717) is 0 Å². The molecule has 0 aromatic heterocycles. The van der Waals surface area contributed by atoms with Gasteiger partial charge in [0.05, 0.1) is 8.47 Å². The Morgan fingerprint density at radius 1 is 0.667 bits per heavy atom. The van der Waals surface area contributed by atoms with Gasteiger partial charge in [0.2, 0.25) is 0 Å². The average Bonchev–Trinajstić information content (AvgIpc) is 2.59. The molecule has 0 N–H and O–H groups in total. The van der Waals surface area contributed by atoms with Crippen LogP contribution in [-0.4, -0.2) is 0 Å². The Morgan fingerprint density at radius 2 is 0.917 bits per heavy atom. The summed E-state index contributed by atoms with van der Waals surface area (Å²) in [4.78, 5) is 0. The van der Waals surface area contributed by atoms with Crippen LogP contribution in [0.5, 0.6) is 0 Å². The zero-order valence-corrected chi connectivity index (χ0v) is 10.6. The van der Waals surface area contributed by atoms with Crippen molar-refractivity contribution in [1.82, 2.24) is 0 Å². The Balaban J connectivity index is 0.000000605. The van der Waals surface area contributed by atoms with Crippen LogP contribution in [-0.2, 0) is 17.1 Å². The molecule has 0 aromatic rings. The van der Waals surface area contributed by atoms with Crippen LogP contribution in [0.2, 0.25) is 0 Å². The molecule has 0 saturated heterocycles. The smallest absolute Gasteiger partial charge is 1.00 e. The molecule has 0 radical (unpaired) electrons. The predicted octanol–water partition coefficient (Wildman–Crippen LogP) is 1.02. The number of halogens is 1. The van der Waals surface area contributed by atoms with Crippen molar-refractivity contribution in [3.63, 3.8) is 0 Å². The molecule has 2 aliphatic rings. The van der Waals surface area contributed by atoms with Crippen molar-refractivity contribution in [3.05, 3.63) is 30.1 Å². The molecular formula is C6H4ClCuS4. The summed E-state index contributed by atoms with van der Waals surface area (Å²) in [5.74, 6) is 0. The molecule has 0 nitrogen and oxygen atoms in total. The third-order valence-electron chi connectivity index (χ3n) is 0.978. The largest absolute Gasteiger partial charge is 1.00 e. The van der Waals surface area contributed by atoms with Crippen LogP contribution in [0, 0.1) is 0 Å². The fraction of sp³-hybridized carbons (Fsp3) is 0. The van der Waals surface area contributed by atoms with E-state index in [9.17, 15) is 0 Å². The Hall–Kier alpha value is 1.43. The van der Waals surface area contributed by atoms with Crippen molar-refractivity contribution >= 4 is 47.0 Å². The maximum atomic E-state index is 2.13. The molecule has 0 amide bonds. The van der Waals surface area contributed by atoms with E-state index in [4.69, 9.17) is 0 Å². The second kappa shape index (κ2) is 6.82. The Kier molecular flexibility index (Phi) is 7.63. The van der Waals surface area contributed by atoms with Gasteiger partial charge < -0.3 is 12.4 Å². The van der Waals surface area contributed by atoms with Gasteiger partial charge in [0.25, 0.3) is 0 Å². The van der Waals surface area contributed by atoms with Gasteiger partial charge in [-0.15, -0.1) is 0 Å². The van der Waals surface area contributed by atoms with Gasteiger partial charge in [-0.1, -0.05) is 47.0 Å². The summed E-state index contributed by atoms with van der Waals surface area (Å²) in [5.41, 5.74) is 0. The third-order valence-corrected chi connectivity index (χ3v) is 5.76. The molecule has 0 saturated carbocycles. The maximum absolute atomic E-state index is 2.13. The van der Waals surface area contributed by atoms with Crippen LogP contribution >= 0.6 is 47.0 Å². The molecule has 2 rings (SSSR count). The van der Waals surface area contributed by atoms with Gasteiger partial charge in [-0.3, -0.25) is 0 Å². The normalized spacial score (nSPS) is 19.3. The van der Waals surface area contributed by atoms with E-state index >= 15 is 0 Å². The van der Waals surface area contributed by atoms with Crippen molar-refractivity contribution < 1.29 is 29.5 Å². The van der Waals surface area contributed by atoms with Crippen LogP contribution < -0.4 is 12.4 Å². The molecule has 12 heavy (non-hydrogen) atoms. The minimum atomic E-state index is 0. The molecule has 0 unspecified atom stereocenters. The molecule has 0 fully saturated rings. The van der Waals surface area contributed by atoms with Crippen molar-refractivity contribution in [1.29, 1.82) is 0 Å². The summed E-state index contributed by atoms with van der Waals surface area (Å²) in [6.45, 7) is 0. The van der Waals surface area contributed by atoms with Crippen molar-refractivity contribution in [2.45, 2.75) is 0 Å². The Morgan fingerprint density at radius 3 is 1.17 bits per heavy atom. The number of hydrogen-bond donors (Lipinski definition) is 0. The van der Waals surface area contributed by atoms with Gasteiger partial charge in [-0.25, -0.2) is 0 Å². The Bertz CT molecular complexity index is 192. The first-order valence-electron chi connectivity index (χ1n) is 2.68. The second-order valence-electron chi connectivity index (χ2n) is 1.59. The topological polar surface area (TPSA) is 0 Å². The minimum Gasteiger partial charge on any atom is -1.00 e. The molecule has 6 heteroatoms. The zero-order chi connectivity index (χ0) is 6.81. The quantitative estimate of drug-likeness (QED) is 0.613. The van der Waals surface area contributed by atoms with Crippen molar-refractivity contribution in [2.75, 3.05) is 0 Å². The summed E-state index contributed by atoms with van der Waals surface area (Å²) in [6.07, 6.45) is 0. The fourth-order valence-corrected chi connectivity index (χ4v) is 4.64. The molecule has 0 spiro atoms. The van der Waals surface area contributed by atoms with Gasteiger partial charge in [0.15, 0.2) is 0 Å². The van der Waals surface area contributed by atoms with Crippen LogP contribution in [0.3, 0.4) is 0 Å². The van der Waals surface area contributed by atoms with Gasteiger partial charge in [0, 0.05) is 0 Å². The molecule has 0 bridgehead atoms. The van der Waals surface area contributed by atoms with Gasteiger partial charge in [0.1, 0.15) is 0 Å². The van der Waals surface area contributed by atoms with Gasteiger partial charge in [-0.2, -0.15) is 0 Å². The van der Waals surface area contributed by atoms with E-state index in [-0.39, 0.29) is 29.5 Å². The van der Waals surface area contributed by atoms with E-state index in [1.807, 2.05) is 47.0 Å². The Labute approximate surface area is 106 Å². The molecule has 0 aliphatic carbocycles. The van der Waals surface area contributed by atoms with E-state index in [1.54, 1.807) is 0 Å². The van der Waals surface area contributed by atoms with Gasteiger partial charge >= 0.3 is 17.1 Å². The number of hydrogen-bond acceptors (Lipinski definition) is 4. The predicted molar refractivity (Wildman–Crippen MR) is 55.7 cm³/mol. The van der Waals surface area contributed by atoms with E-state index in [2.05, 4.69) is 21.6 Å². The van der Waals surface area contributed by atoms with E-state index in [0.717, 1.165) is 0 Å². The second-order valence-corrected chi connectivity index (χ2v) is 5.77. The van der Waals surface area contributed by atoms with Crippen LogP contribution in [0.25, 0.3) is 0 Å². The van der Waals surface area contributed by atoms with Crippen molar-refractivity contribution in [2.24, 2.45) is 0 Å². The van der Waals surface area contributed by atoms with Crippen LogP contribution in [0.15, 0.2) is 30.1 Å². The number of rotatable bonds is 0. The van der Waals surface area contributed by atoms with Gasteiger partial charge in [-0.05, 0) is 21.6 Å². The zero-order valence-electron chi connectivity index (χ0n) is 5.62. The maximum Gasteiger partial charge on any atom is 1.00 e. The average molecular weight is 303 g/mol.